The van der Waals surface area contributed by atoms with Gasteiger partial charge in [0.05, 0.1) is 36.1 Å². The zero-order valence-corrected chi connectivity index (χ0v) is 20.5. The van der Waals surface area contributed by atoms with E-state index in [1.54, 1.807) is 35.8 Å². The number of fused-ring (bicyclic) bond motifs is 1. The fraction of sp³-hybridized carbons (Fsp3) is 0.296. The van der Waals surface area contributed by atoms with Gasteiger partial charge in [0.1, 0.15) is 0 Å². The minimum Gasteiger partial charge on any atom is -0.341 e. The van der Waals surface area contributed by atoms with Gasteiger partial charge in [0, 0.05) is 25.3 Å². The minimum atomic E-state index is -0.541. The molecule has 1 unspecified atom stereocenters. The quantitative estimate of drug-likeness (QED) is 0.418. The molecule has 186 valence electrons. The van der Waals surface area contributed by atoms with Crippen molar-refractivity contribution in [2.45, 2.75) is 38.9 Å². The molecule has 4 aromatic rings. The number of hydrogen-bond donors (Lipinski definition) is 1. The molecular formula is C27H26N8O2. The molecule has 10 heteroatoms. The number of nitriles is 1. The lowest BCUT2D eigenvalue weighted by Gasteiger charge is -2.31. The Morgan fingerprint density at radius 1 is 1.16 bits per heavy atom. The SMILES string of the molecule is CC#CCn1c(N2CCCC(N)C2)nc2c1c(=O)n(Cc1cc(C#N)ccn1)c(=O)n2-c1ccccc1. The van der Waals surface area contributed by atoms with E-state index in [1.807, 2.05) is 18.2 Å². The second-order valence-corrected chi connectivity index (χ2v) is 8.94. The Labute approximate surface area is 213 Å². The number of para-hydroxylation sites is 1. The molecule has 37 heavy (non-hydrogen) atoms. The van der Waals surface area contributed by atoms with Crippen molar-refractivity contribution in [1.29, 1.82) is 5.26 Å². The van der Waals surface area contributed by atoms with Crippen LogP contribution in [0.15, 0.2) is 58.3 Å². The summed E-state index contributed by atoms with van der Waals surface area (Å²) in [6, 6.07) is 14.3. The van der Waals surface area contributed by atoms with E-state index < -0.39 is 11.2 Å². The third-order valence-electron chi connectivity index (χ3n) is 6.45. The third-order valence-corrected chi connectivity index (χ3v) is 6.45. The highest BCUT2D eigenvalue weighted by Crippen LogP contribution is 2.24. The van der Waals surface area contributed by atoms with Gasteiger partial charge in [-0.05, 0) is 44.0 Å². The second kappa shape index (κ2) is 10.1. The molecule has 0 spiro atoms. The zero-order chi connectivity index (χ0) is 25.9. The smallest absolute Gasteiger partial charge is 0.337 e. The summed E-state index contributed by atoms with van der Waals surface area (Å²) in [7, 11) is 0. The first-order valence-electron chi connectivity index (χ1n) is 12.1. The van der Waals surface area contributed by atoms with Gasteiger partial charge in [0.15, 0.2) is 11.2 Å². The molecule has 1 atom stereocenters. The van der Waals surface area contributed by atoms with Crippen molar-refractivity contribution >= 4 is 17.1 Å². The minimum absolute atomic E-state index is 0.00858. The second-order valence-electron chi connectivity index (χ2n) is 8.94. The summed E-state index contributed by atoms with van der Waals surface area (Å²) >= 11 is 0. The Morgan fingerprint density at radius 3 is 2.70 bits per heavy atom. The summed E-state index contributed by atoms with van der Waals surface area (Å²) < 4.78 is 4.37. The predicted molar refractivity (Wildman–Crippen MR) is 141 cm³/mol. The van der Waals surface area contributed by atoms with Gasteiger partial charge in [-0.1, -0.05) is 24.1 Å². The highest BCUT2D eigenvalue weighted by molar-refractivity contribution is 5.76. The van der Waals surface area contributed by atoms with E-state index in [4.69, 9.17) is 10.7 Å². The van der Waals surface area contributed by atoms with Gasteiger partial charge in [0.2, 0.25) is 5.95 Å². The molecule has 1 saturated heterocycles. The molecule has 0 aliphatic carbocycles. The average Bonchev–Trinajstić information content (AvgIpc) is 3.30. The fourth-order valence-electron chi connectivity index (χ4n) is 4.71. The number of nitrogens with zero attached hydrogens (tertiary/aromatic N) is 7. The van der Waals surface area contributed by atoms with E-state index in [1.165, 1.54) is 10.8 Å². The van der Waals surface area contributed by atoms with Gasteiger partial charge in [-0.15, -0.1) is 5.92 Å². The molecule has 1 aliphatic rings. The Bertz CT molecular complexity index is 1680. The largest absolute Gasteiger partial charge is 0.341 e. The maximum absolute atomic E-state index is 13.9. The van der Waals surface area contributed by atoms with Crippen LogP contribution in [0.4, 0.5) is 5.95 Å². The van der Waals surface area contributed by atoms with E-state index in [0.29, 0.717) is 29.4 Å². The van der Waals surface area contributed by atoms with Crippen molar-refractivity contribution in [3.05, 3.63) is 80.8 Å². The van der Waals surface area contributed by atoms with E-state index in [0.717, 1.165) is 24.0 Å². The monoisotopic (exact) mass is 494 g/mol. The average molecular weight is 495 g/mol. The number of pyridine rings is 1. The highest BCUT2D eigenvalue weighted by Gasteiger charge is 2.27. The summed E-state index contributed by atoms with van der Waals surface area (Å²) in [6.45, 7) is 3.22. The Hall–Kier alpha value is -4.67. The van der Waals surface area contributed by atoms with Gasteiger partial charge in [-0.25, -0.2) is 9.36 Å². The lowest BCUT2D eigenvalue weighted by molar-refractivity contribution is 0.496. The van der Waals surface area contributed by atoms with Crippen LogP contribution < -0.4 is 21.9 Å². The van der Waals surface area contributed by atoms with Crippen LogP contribution in [-0.2, 0) is 13.1 Å². The van der Waals surface area contributed by atoms with Crippen molar-refractivity contribution in [3.8, 4) is 23.6 Å². The highest BCUT2D eigenvalue weighted by atomic mass is 16.2. The van der Waals surface area contributed by atoms with E-state index in [9.17, 15) is 14.9 Å². The van der Waals surface area contributed by atoms with Crippen molar-refractivity contribution in [2.75, 3.05) is 18.0 Å². The van der Waals surface area contributed by atoms with Gasteiger partial charge in [-0.3, -0.25) is 18.9 Å². The topological polar surface area (TPSA) is 128 Å². The van der Waals surface area contributed by atoms with Crippen LogP contribution in [0.5, 0.6) is 0 Å². The molecule has 0 saturated carbocycles. The first kappa shape index (κ1) is 24.0. The molecular weight excluding hydrogens is 468 g/mol. The van der Waals surface area contributed by atoms with Crippen molar-refractivity contribution in [2.24, 2.45) is 5.73 Å². The number of hydrogen-bond acceptors (Lipinski definition) is 7. The lowest BCUT2D eigenvalue weighted by Crippen LogP contribution is -2.44. The van der Waals surface area contributed by atoms with Crippen LogP contribution in [0.3, 0.4) is 0 Å². The number of nitrogens with two attached hydrogens (primary N) is 1. The predicted octanol–water partition coefficient (Wildman–Crippen LogP) is 1.61. The molecule has 2 N–H and O–H groups in total. The summed E-state index contributed by atoms with van der Waals surface area (Å²) in [5.41, 5.74) is 7.18. The standard InChI is InChI=1S/C27H26N8O2/c1-2-3-14-33-23-24(31-26(33)32-13-7-8-20(29)17-32)35(22-9-5-4-6-10-22)27(37)34(25(23)36)18-21-15-19(16-28)11-12-30-21/h4-6,9-12,15,20H,7-8,13-14,17-18,29H2,1H3. The molecule has 1 aromatic carbocycles. The van der Waals surface area contributed by atoms with Crippen LogP contribution in [0.2, 0.25) is 0 Å². The first-order valence-corrected chi connectivity index (χ1v) is 12.1. The maximum atomic E-state index is 13.9. The van der Waals surface area contributed by atoms with Crippen LogP contribution in [0, 0.1) is 23.2 Å². The number of anilines is 1. The number of aromatic nitrogens is 5. The van der Waals surface area contributed by atoms with Crippen LogP contribution in [-0.4, -0.2) is 42.8 Å². The van der Waals surface area contributed by atoms with E-state index >= 15 is 0 Å². The number of benzene rings is 1. The fourth-order valence-corrected chi connectivity index (χ4v) is 4.71. The van der Waals surface area contributed by atoms with Crippen molar-refractivity contribution in [1.82, 2.24) is 23.7 Å². The zero-order valence-electron chi connectivity index (χ0n) is 20.5. The lowest BCUT2D eigenvalue weighted by atomic mass is 10.1. The number of rotatable bonds is 5. The maximum Gasteiger partial charge on any atom is 0.337 e. The van der Waals surface area contributed by atoms with Gasteiger partial charge >= 0.3 is 5.69 Å². The molecule has 5 rings (SSSR count). The van der Waals surface area contributed by atoms with Crippen LogP contribution >= 0.6 is 0 Å². The third kappa shape index (κ3) is 4.51. The number of imidazole rings is 1. The number of piperidine rings is 1. The van der Waals surface area contributed by atoms with Gasteiger partial charge in [-0.2, -0.15) is 10.2 Å². The normalized spacial score (nSPS) is 15.3. The molecule has 10 nitrogen and oxygen atoms in total. The first-order chi connectivity index (χ1) is 18.0. The van der Waals surface area contributed by atoms with E-state index in [2.05, 4.69) is 27.8 Å². The molecule has 0 radical (unpaired) electrons. The van der Waals surface area contributed by atoms with Crippen molar-refractivity contribution in [3.63, 3.8) is 0 Å². The van der Waals surface area contributed by atoms with Crippen LogP contribution in [0.1, 0.15) is 31.0 Å². The Kier molecular flexibility index (Phi) is 6.59. The summed E-state index contributed by atoms with van der Waals surface area (Å²) in [6.07, 6.45) is 3.31. The molecule has 4 heterocycles. The Morgan fingerprint density at radius 2 is 1.97 bits per heavy atom. The summed E-state index contributed by atoms with van der Waals surface area (Å²) in [4.78, 5) is 39.0. The van der Waals surface area contributed by atoms with Crippen LogP contribution in [0.25, 0.3) is 16.9 Å². The van der Waals surface area contributed by atoms with Gasteiger partial charge < -0.3 is 10.6 Å². The Balaban J connectivity index is 1.82. The molecule has 0 bridgehead atoms. The molecule has 1 aliphatic heterocycles. The van der Waals surface area contributed by atoms with E-state index in [-0.39, 0.29) is 30.3 Å². The van der Waals surface area contributed by atoms with Gasteiger partial charge in [0.25, 0.3) is 5.56 Å². The summed E-state index contributed by atoms with van der Waals surface area (Å²) in [5.74, 6) is 6.51. The summed E-state index contributed by atoms with van der Waals surface area (Å²) in [5, 5.41) is 9.29. The molecule has 3 aromatic heterocycles. The van der Waals surface area contributed by atoms with Crippen molar-refractivity contribution < 1.29 is 0 Å². The molecule has 1 fully saturated rings. The molecule has 0 amide bonds.